The van der Waals surface area contributed by atoms with Gasteiger partial charge in [0.1, 0.15) is 28.5 Å². The standard InChI is InChI=1S/C21H23NO5/c1-13(2)7-9-15-18(27-4)12-14(19(20(15)23)21(24)25)8-10-16-17(26-3)6-5-11-22-16/h5-6,8,10-12,23H,1,7,9H2,2-4H3,(H,24,25)/b10-8+. The van der Waals surface area contributed by atoms with Crippen LogP contribution < -0.4 is 9.47 Å². The fourth-order valence-electron chi connectivity index (χ4n) is 2.69. The van der Waals surface area contributed by atoms with Crippen LogP contribution in [0.15, 0.2) is 36.5 Å². The third kappa shape index (κ3) is 4.67. The lowest BCUT2D eigenvalue weighted by atomic mass is 9.96. The van der Waals surface area contributed by atoms with Crippen molar-refractivity contribution < 1.29 is 24.5 Å². The van der Waals surface area contributed by atoms with Gasteiger partial charge < -0.3 is 19.7 Å². The number of rotatable bonds is 8. The van der Waals surface area contributed by atoms with Crippen LogP contribution in [0.4, 0.5) is 0 Å². The molecule has 1 aromatic heterocycles. The molecule has 0 fully saturated rings. The normalized spacial score (nSPS) is 10.8. The molecule has 0 bridgehead atoms. The minimum Gasteiger partial charge on any atom is -0.507 e. The minimum atomic E-state index is -1.22. The average molecular weight is 369 g/mol. The van der Waals surface area contributed by atoms with E-state index >= 15 is 0 Å². The van der Waals surface area contributed by atoms with Crippen molar-refractivity contribution in [2.24, 2.45) is 0 Å². The highest BCUT2D eigenvalue weighted by Crippen LogP contribution is 2.37. The number of methoxy groups -OCH3 is 2. The van der Waals surface area contributed by atoms with Crippen molar-refractivity contribution in [1.29, 1.82) is 0 Å². The summed E-state index contributed by atoms with van der Waals surface area (Å²) >= 11 is 0. The van der Waals surface area contributed by atoms with Gasteiger partial charge in [0.25, 0.3) is 0 Å². The van der Waals surface area contributed by atoms with E-state index in [0.29, 0.717) is 41.2 Å². The Morgan fingerprint density at radius 3 is 2.56 bits per heavy atom. The van der Waals surface area contributed by atoms with Gasteiger partial charge in [-0.15, -0.1) is 6.58 Å². The molecule has 6 heteroatoms. The maximum Gasteiger partial charge on any atom is 0.340 e. The van der Waals surface area contributed by atoms with Gasteiger partial charge in [-0.3, -0.25) is 4.98 Å². The summed E-state index contributed by atoms with van der Waals surface area (Å²) in [5.41, 5.74) is 2.05. The predicted molar refractivity (Wildman–Crippen MR) is 104 cm³/mol. The molecule has 142 valence electrons. The molecule has 1 heterocycles. The number of aromatic nitrogens is 1. The van der Waals surface area contributed by atoms with Crippen molar-refractivity contribution in [3.8, 4) is 17.2 Å². The van der Waals surface area contributed by atoms with Gasteiger partial charge >= 0.3 is 5.97 Å². The molecule has 2 N–H and O–H groups in total. The number of ether oxygens (including phenoxy) is 2. The van der Waals surface area contributed by atoms with Gasteiger partial charge in [-0.1, -0.05) is 11.6 Å². The second kappa shape index (κ2) is 8.89. The SMILES string of the molecule is C=C(C)CCc1c(OC)cc(/C=C/c2ncccc2OC)c(C(=O)O)c1O. The lowest BCUT2D eigenvalue weighted by molar-refractivity contribution is 0.0693. The predicted octanol–water partition coefficient (Wildman–Crippen LogP) is 4.18. The minimum absolute atomic E-state index is 0.182. The zero-order chi connectivity index (χ0) is 20.0. The molecule has 0 spiro atoms. The van der Waals surface area contributed by atoms with Crippen molar-refractivity contribution in [3.05, 3.63) is 58.9 Å². The van der Waals surface area contributed by atoms with Crippen molar-refractivity contribution in [2.75, 3.05) is 14.2 Å². The maximum atomic E-state index is 11.8. The number of hydrogen-bond donors (Lipinski definition) is 2. The molecule has 0 unspecified atom stereocenters. The quantitative estimate of drug-likeness (QED) is 0.679. The number of hydrogen-bond acceptors (Lipinski definition) is 5. The number of carboxylic acids is 1. The van der Waals surface area contributed by atoms with Crippen LogP contribution in [0.25, 0.3) is 12.2 Å². The molecule has 0 saturated carbocycles. The van der Waals surface area contributed by atoms with Crippen molar-refractivity contribution in [1.82, 2.24) is 4.98 Å². The van der Waals surface area contributed by atoms with Crippen LogP contribution in [0.1, 0.15) is 40.5 Å². The van der Waals surface area contributed by atoms with E-state index in [1.54, 1.807) is 36.5 Å². The highest BCUT2D eigenvalue weighted by molar-refractivity contribution is 5.97. The fraction of sp³-hybridized carbons (Fsp3) is 0.238. The summed E-state index contributed by atoms with van der Waals surface area (Å²) in [6, 6.07) is 5.09. The Labute approximate surface area is 158 Å². The molecule has 0 radical (unpaired) electrons. The monoisotopic (exact) mass is 369 g/mol. The van der Waals surface area contributed by atoms with E-state index in [0.717, 1.165) is 5.57 Å². The zero-order valence-corrected chi connectivity index (χ0v) is 15.7. The average Bonchev–Trinajstić information content (AvgIpc) is 2.64. The van der Waals surface area contributed by atoms with Gasteiger partial charge in [0, 0.05) is 11.8 Å². The van der Waals surface area contributed by atoms with Gasteiger partial charge in [-0.25, -0.2) is 4.79 Å². The number of allylic oxidation sites excluding steroid dienone is 1. The number of aromatic hydroxyl groups is 1. The van der Waals surface area contributed by atoms with E-state index in [9.17, 15) is 15.0 Å². The van der Waals surface area contributed by atoms with E-state index in [-0.39, 0.29) is 11.3 Å². The first-order valence-electron chi connectivity index (χ1n) is 8.36. The fourth-order valence-corrected chi connectivity index (χ4v) is 2.69. The van der Waals surface area contributed by atoms with E-state index < -0.39 is 5.97 Å². The summed E-state index contributed by atoms with van der Waals surface area (Å²) in [6.45, 7) is 5.72. The van der Waals surface area contributed by atoms with E-state index in [1.165, 1.54) is 14.2 Å². The summed E-state index contributed by atoms with van der Waals surface area (Å²) in [4.78, 5) is 16.0. The lowest BCUT2D eigenvalue weighted by Gasteiger charge is -2.15. The number of aromatic carboxylic acids is 1. The molecular weight excluding hydrogens is 346 g/mol. The second-order valence-electron chi connectivity index (χ2n) is 6.06. The number of nitrogens with zero attached hydrogens (tertiary/aromatic N) is 1. The third-order valence-corrected chi connectivity index (χ3v) is 4.07. The summed E-state index contributed by atoms with van der Waals surface area (Å²) in [6.07, 6.45) is 5.86. The Morgan fingerprint density at radius 1 is 1.26 bits per heavy atom. The largest absolute Gasteiger partial charge is 0.507 e. The molecule has 0 aliphatic carbocycles. The van der Waals surface area contributed by atoms with Crippen LogP contribution in [0, 0.1) is 0 Å². The van der Waals surface area contributed by atoms with Crippen LogP contribution >= 0.6 is 0 Å². The second-order valence-corrected chi connectivity index (χ2v) is 6.06. The molecule has 0 saturated heterocycles. The molecule has 2 rings (SSSR count). The Kier molecular flexibility index (Phi) is 6.60. The lowest BCUT2D eigenvalue weighted by Crippen LogP contribution is -2.05. The maximum absolute atomic E-state index is 11.8. The zero-order valence-electron chi connectivity index (χ0n) is 15.7. The van der Waals surface area contributed by atoms with Gasteiger partial charge in [0.05, 0.1) is 14.2 Å². The van der Waals surface area contributed by atoms with Crippen LogP contribution in [-0.2, 0) is 6.42 Å². The molecule has 6 nitrogen and oxygen atoms in total. The third-order valence-electron chi connectivity index (χ3n) is 4.07. The molecule has 1 aromatic carbocycles. The first kappa shape index (κ1) is 20.0. The molecule has 2 aromatic rings. The number of pyridine rings is 1. The molecule has 0 aliphatic heterocycles. The molecule has 0 amide bonds. The topological polar surface area (TPSA) is 88.9 Å². The molecular formula is C21H23NO5. The van der Waals surface area contributed by atoms with Gasteiger partial charge in [0.2, 0.25) is 0 Å². The van der Waals surface area contributed by atoms with Gasteiger partial charge in [-0.05, 0) is 49.6 Å². The van der Waals surface area contributed by atoms with Crippen LogP contribution in [-0.4, -0.2) is 35.4 Å². The van der Waals surface area contributed by atoms with Crippen LogP contribution in [0.3, 0.4) is 0 Å². The Morgan fingerprint density at radius 2 is 1.96 bits per heavy atom. The van der Waals surface area contributed by atoms with Gasteiger partial charge in [0.15, 0.2) is 0 Å². The summed E-state index contributed by atoms with van der Waals surface area (Å²) in [5, 5.41) is 20.2. The molecule has 27 heavy (non-hydrogen) atoms. The molecule has 0 aliphatic rings. The first-order chi connectivity index (χ1) is 12.9. The number of carboxylic acid groups (broad SMARTS) is 1. The Bertz CT molecular complexity index is 886. The summed E-state index contributed by atoms with van der Waals surface area (Å²) in [5.74, 6) is -0.540. The van der Waals surface area contributed by atoms with Crippen LogP contribution in [0.5, 0.6) is 17.2 Å². The highest BCUT2D eigenvalue weighted by Gasteiger charge is 2.22. The van der Waals surface area contributed by atoms with Crippen LogP contribution in [0.2, 0.25) is 0 Å². The van der Waals surface area contributed by atoms with Gasteiger partial charge in [-0.2, -0.15) is 0 Å². The Balaban J connectivity index is 2.55. The number of benzene rings is 1. The summed E-state index contributed by atoms with van der Waals surface area (Å²) in [7, 11) is 3.01. The smallest absolute Gasteiger partial charge is 0.340 e. The first-order valence-corrected chi connectivity index (χ1v) is 8.36. The number of phenols is 1. The summed E-state index contributed by atoms with van der Waals surface area (Å²) < 4.78 is 10.6. The van der Waals surface area contributed by atoms with Crippen molar-refractivity contribution in [3.63, 3.8) is 0 Å². The van der Waals surface area contributed by atoms with Crippen molar-refractivity contribution in [2.45, 2.75) is 19.8 Å². The Hall–Kier alpha value is -3.28. The van der Waals surface area contributed by atoms with E-state index in [2.05, 4.69) is 11.6 Å². The van der Waals surface area contributed by atoms with E-state index in [4.69, 9.17) is 9.47 Å². The van der Waals surface area contributed by atoms with E-state index in [1.807, 2.05) is 6.92 Å². The molecule has 0 atom stereocenters. The highest BCUT2D eigenvalue weighted by atomic mass is 16.5. The number of carbonyl (C=O) groups is 1. The van der Waals surface area contributed by atoms with Crippen molar-refractivity contribution >= 4 is 18.1 Å².